The lowest BCUT2D eigenvalue weighted by atomic mass is 10.2. The highest BCUT2D eigenvalue weighted by molar-refractivity contribution is 7.09. The van der Waals surface area contributed by atoms with Gasteiger partial charge in [-0.3, -0.25) is 0 Å². The van der Waals surface area contributed by atoms with E-state index in [9.17, 15) is 4.79 Å². The lowest BCUT2D eigenvalue weighted by Gasteiger charge is -2.17. The van der Waals surface area contributed by atoms with Crippen LogP contribution in [0.25, 0.3) is 0 Å². The van der Waals surface area contributed by atoms with Gasteiger partial charge in [0.1, 0.15) is 0 Å². The van der Waals surface area contributed by atoms with Gasteiger partial charge < -0.3 is 10.2 Å². The topological polar surface area (TPSA) is 45.2 Å². The summed E-state index contributed by atoms with van der Waals surface area (Å²) in [6.07, 6.45) is 1.79. The summed E-state index contributed by atoms with van der Waals surface area (Å²) in [5, 5.41) is 5.89. The largest absolute Gasteiger partial charge is 0.337 e. The first-order chi connectivity index (χ1) is 7.15. The number of aromatic nitrogens is 1. The van der Waals surface area contributed by atoms with Gasteiger partial charge in [0.15, 0.2) is 0 Å². The second-order valence-electron chi connectivity index (χ2n) is 3.47. The zero-order chi connectivity index (χ0) is 11.3. The fraction of sp³-hybridized carbons (Fsp3) is 0.600. The van der Waals surface area contributed by atoms with Gasteiger partial charge in [-0.2, -0.15) is 0 Å². The van der Waals surface area contributed by atoms with Crippen molar-refractivity contribution in [3.63, 3.8) is 0 Å². The van der Waals surface area contributed by atoms with E-state index < -0.39 is 0 Å². The van der Waals surface area contributed by atoms with Crippen LogP contribution in [0.1, 0.15) is 24.8 Å². The maximum atomic E-state index is 11.4. The van der Waals surface area contributed by atoms with E-state index in [-0.39, 0.29) is 11.9 Å². The molecule has 1 unspecified atom stereocenters. The van der Waals surface area contributed by atoms with Crippen molar-refractivity contribution in [3.8, 4) is 0 Å². The highest BCUT2D eigenvalue weighted by Gasteiger charge is 2.11. The Kier molecular flexibility index (Phi) is 4.55. The van der Waals surface area contributed by atoms with Crippen molar-refractivity contribution in [2.45, 2.75) is 19.8 Å². The van der Waals surface area contributed by atoms with E-state index in [2.05, 4.69) is 17.2 Å². The smallest absolute Gasteiger partial charge is 0.317 e. The summed E-state index contributed by atoms with van der Waals surface area (Å²) >= 11 is 1.62. The fourth-order valence-corrected chi connectivity index (χ4v) is 1.78. The molecular formula is C10H17N3OS. The lowest BCUT2D eigenvalue weighted by molar-refractivity contribution is 0.210. The first-order valence-corrected chi connectivity index (χ1v) is 5.91. The maximum Gasteiger partial charge on any atom is 0.317 e. The van der Waals surface area contributed by atoms with Crippen LogP contribution in [0.5, 0.6) is 0 Å². The molecule has 1 aromatic rings. The molecule has 1 aromatic heterocycles. The molecule has 15 heavy (non-hydrogen) atoms. The lowest BCUT2D eigenvalue weighted by Crippen LogP contribution is -2.38. The maximum absolute atomic E-state index is 11.4. The monoisotopic (exact) mass is 227 g/mol. The number of hydrogen-bond acceptors (Lipinski definition) is 3. The summed E-state index contributed by atoms with van der Waals surface area (Å²) in [5.74, 6) is 0.277. The van der Waals surface area contributed by atoms with E-state index in [1.54, 1.807) is 29.5 Å². The zero-order valence-corrected chi connectivity index (χ0v) is 10.2. The molecule has 5 heteroatoms. The zero-order valence-electron chi connectivity index (χ0n) is 9.36. The molecule has 1 N–H and O–H groups in total. The number of urea groups is 1. The number of nitrogens with zero attached hydrogens (tertiary/aromatic N) is 2. The van der Waals surface area contributed by atoms with E-state index in [1.807, 2.05) is 12.3 Å². The molecule has 1 atom stereocenters. The summed E-state index contributed by atoms with van der Waals surface area (Å²) < 4.78 is 0. The predicted molar refractivity (Wildman–Crippen MR) is 62.2 cm³/mol. The molecule has 0 spiro atoms. The Morgan fingerprint density at radius 3 is 3.00 bits per heavy atom. The Labute approximate surface area is 94.3 Å². The Balaban J connectivity index is 2.34. The molecule has 0 aliphatic carbocycles. The van der Waals surface area contributed by atoms with Gasteiger partial charge in [0, 0.05) is 37.6 Å². The minimum absolute atomic E-state index is 0.0269. The van der Waals surface area contributed by atoms with Gasteiger partial charge in [0.2, 0.25) is 0 Å². The van der Waals surface area contributed by atoms with E-state index in [0.717, 1.165) is 11.6 Å². The van der Waals surface area contributed by atoms with E-state index in [1.165, 1.54) is 0 Å². The molecule has 4 nitrogen and oxygen atoms in total. The third-order valence-electron chi connectivity index (χ3n) is 2.25. The van der Waals surface area contributed by atoms with Gasteiger partial charge in [0.25, 0.3) is 0 Å². The SMILES string of the molecule is CCN(C)C(=O)NCC(C)c1nccs1. The van der Waals surface area contributed by atoms with Crippen LogP contribution in [-0.4, -0.2) is 36.1 Å². The molecule has 1 rings (SSSR count). The van der Waals surface area contributed by atoms with Crippen LogP contribution in [0, 0.1) is 0 Å². The Morgan fingerprint density at radius 2 is 2.47 bits per heavy atom. The number of rotatable bonds is 4. The van der Waals surface area contributed by atoms with Crippen LogP contribution in [-0.2, 0) is 0 Å². The third-order valence-corrected chi connectivity index (χ3v) is 3.26. The average Bonchev–Trinajstić information content (AvgIpc) is 2.77. The first kappa shape index (κ1) is 12.0. The number of carbonyl (C=O) groups is 1. The molecule has 0 aliphatic heterocycles. The van der Waals surface area contributed by atoms with E-state index in [4.69, 9.17) is 0 Å². The quantitative estimate of drug-likeness (QED) is 0.854. The number of nitrogens with one attached hydrogen (secondary N) is 1. The van der Waals surface area contributed by atoms with Crippen molar-refractivity contribution in [1.82, 2.24) is 15.2 Å². The summed E-state index contributed by atoms with van der Waals surface area (Å²) in [5.41, 5.74) is 0. The first-order valence-electron chi connectivity index (χ1n) is 5.03. The molecule has 0 bridgehead atoms. The molecule has 0 fully saturated rings. The predicted octanol–water partition coefficient (Wildman–Crippen LogP) is 1.91. The summed E-state index contributed by atoms with van der Waals surface area (Å²) in [6, 6.07) is -0.0269. The minimum atomic E-state index is -0.0269. The van der Waals surface area contributed by atoms with Gasteiger partial charge >= 0.3 is 6.03 Å². The van der Waals surface area contributed by atoms with Gasteiger partial charge in [0.05, 0.1) is 5.01 Å². The van der Waals surface area contributed by atoms with Gasteiger partial charge in [-0.1, -0.05) is 6.92 Å². The van der Waals surface area contributed by atoms with Crippen molar-refractivity contribution in [2.24, 2.45) is 0 Å². The standard InChI is InChI=1S/C10H17N3OS/c1-4-13(3)10(14)12-7-8(2)9-11-5-6-15-9/h5-6,8H,4,7H2,1-3H3,(H,12,14). The molecule has 0 saturated carbocycles. The number of thiazole rings is 1. The van der Waals surface area contributed by atoms with Crippen molar-refractivity contribution in [3.05, 3.63) is 16.6 Å². The highest BCUT2D eigenvalue weighted by Crippen LogP contribution is 2.16. The summed E-state index contributed by atoms with van der Waals surface area (Å²) in [4.78, 5) is 17.3. The fourth-order valence-electron chi connectivity index (χ4n) is 1.08. The molecule has 2 amide bonds. The average molecular weight is 227 g/mol. The van der Waals surface area contributed by atoms with Crippen LogP contribution in [0.15, 0.2) is 11.6 Å². The van der Waals surface area contributed by atoms with E-state index in [0.29, 0.717) is 6.54 Å². The second-order valence-corrected chi connectivity index (χ2v) is 4.40. The third kappa shape index (κ3) is 3.51. The van der Waals surface area contributed by atoms with Crippen molar-refractivity contribution < 1.29 is 4.79 Å². The summed E-state index contributed by atoms with van der Waals surface area (Å²) in [7, 11) is 1.78. The molecule has 0 aromatic carbocycles. The van der Waals surface area contributed by atoms with Crippen molar-refractivity contribution >= 4 is 17.4 Å². The molecule has 0 saturated heterocycles. The van der Waals surface area contributed by atoms with Crippen LogP contribution in [0.3, 0.4) is 0 Å². The molecule has 0 aliphatic rings. The molecular weight excluding hydrogens is 210 g/mol. The second kappa shape index (κ2) is 5.70. The Morgan fingerprint density at radius 1 is 1.73 bits per heavy atom. The van der Waals surface area contributed by atoms with Crippen molar-refractivity contribution in [2.75, 3.05) is 20.1 Å². The molecule has 1 heterocycles. The Bertz CT molecular complexity index is 300. The molecule has 0 radical (unpaired) electrons. The van der Waals surface area contributed by atoms with E-state index >= 15 is 0 Å². The van der Waals surface area contributed by atoms with Crippen LogP contribution in [0.2, 0.25) is 0 Å². The molecule has 84 valence electrons. The summed E-state index contributed by atoms with van der Waals surface area (Å²) in [6.45, 7) is 5.36. The Hall–Kier alpha value is -1.10. The minimum Gasteiger partial charge on any atom is -0.337 e. The van der Waals surface area contributed by atoms with Crippen LogP contribution >= 0.6 is 11.3 Å². The number of carbonyl (C=O) groups excluding carboxylic acids is 1. The normalized spacial score (nSPS) is 12.2. The van der Waals surface area contributed by atoms with Gasteiger partial charge in [-0.25, -0.2) is 9.78 Å². The van der Waals surface area contributed by atoms with Gasteiger partial charge in [-0.15, -0.1) is 11.3 Å². The number of hydrogen-bond donors (Lipinski definition) is 1. The van der Waals surface area contributed by atoms with Crippen molar-refractivity contribution in [1.29, 1.82) is 0 Å². The van der Waals surface area contributed by atoms with Crippen LogP contribution in [0.4, 0.5) is 4.79 Å². The highest BCUT2D eigenvalue weighted by atomic mass is 32.1. The van der Waals surface area contributed by atoms with Gasteiger partial charge in [-0.05, 0) is 6.92 Å². The number of amides is 2. The van der Waals surface area contributed by atoms with Crippen LogP contribution < -0.4 is 5.32 Å².